The monoisotopic (exact) mass is 241 g/mol. The van der Waals surface area contributed by atoms with Crippen molar-refractivity contribution in [1.82, 2.24) is 10.3 Å². The van der Waals surface area contributed by atoms with E-state index < -0.39 is 0 Å². The molecule has 3 N–H and O–H groups in total. The van der Waals surface area contributed by atoms with Crippen molar-refractivity contribution in [2.24, 2.45) is 5.84 Å². The average molecular weight is 241 g/mol. The first kappa shape index (κ1) is 14.5. The molecule has 1 heterocycles. The summed E-state index contributed by atoms with van der Waals surface area (Å²) in [6.07, 6.45) is 4.18. The Labute approximate surface area is 105 Å². The summed E-state index contributed by atoms with van der Waals surface area (Å²) in [5.41, 5.74) is 2.94. The molecule has 100 valence electrons. The van der Waals surface area contributed by atoms with Gasteiger partial charge in [0.1, 0.15) is 5.76 Å². The molecule has 1 aliphatic rings. The van der Waals surface area contributed by atoms with Gasteiger partial charge in [-0.1, -0.05) is 20.8 Å². The molecule has 0 bridgehead atoms. The number of hydrogen-bond acceptors (Lipinski definition) is 4. The topological polar surface area (TPSA) is 50.5 Å². The molecule has 0 aliphatic carbocycles. The summed E-state index contributed by atoms with van der Waals surface area (Å²) in [7, 11) is 0. The van der Waals surface area contributed by atoms with Gasteiger partial charge >= 0.3 is 0 Å². The maximum atomic E-state index is 5.76. The number of likely N-dealkylation sites (N-methyl/N-ethyl adjacent to an activating group) is 1. The van der Waals surface area contributed by atoms with Gasteiger partial charge in [-0.3, -0.25) is 10.7 Å². The highest BCUT2D eigenvalue weighted by atomic mass is 16.5. The van der Waals surface area contributed by atoms with Crippen molar-refractivity contribution in [1.29, 1.82) is 0 Å². The minimum atomic E-state index is -0.00553. The maximum absolute atomic E-state index is 5.76. The number of hydrogen-bond donors (Lipinski definition) is 2. The Hall–Kier alpha value is -0.580. The Balaban J connectivity index is 2.94. The molecule has 0 aromatic carbocycles. The van der Waals surface area contributed by atoms with Gasteiger partial charge in [-0.05, 0) is 32.5 Å². The van der Waals surface area contributed by atoms with Gasteiger partial charge in [0.05, 0.1) is 12.6 Å². The fraction of sp³-hybridized carbons (Fsp3) is 0.846. The SMILES string of the molecule is CCN(CC)C(C)(CC)C(NN)C1=CCCO1. The van der Waals surface area contributed by atoms with Crippen LogP contribution >= 0.6 is 0 Å². The summed E-state index contributed by atoms with van der Waals surface area (Å²) in [5.74, 6) is 6.77. The number of rotatable bonds is 7. The second kappa shape index (κ2) is 6.38. The molecule has 4 nitrogen and oxygen atoms in total. The van der Waals surface area contributed by atoms with E-state index in [0.717, 1.165) is 38.3 Å². The van der Waals surface area contributed by atoms with Crippen LogP contribution in [0.5, 0.6) is 0 Å². The zero-order chi connectivity index (χ0) is 12.9. The Morgan fingerprint density at radius 3 is 2.47 bits per heavy atom. The van der Waals surface area contributed by atoms with Gasteiger partial charge in [-0.15, -0.1) is 0 Å². The van der Waals surface area contributed by atoms with Crippen LogP contribution in [-0.4, -0.2) is 36.2 Å². The van der Waals surface area contributed by atoms with Gasteiger partial charge in [0, 0.05) is 12.0 Å². The molecule has 0 radical (unpaired) electrons. The lowest BCUT2D eigenvalue weighted by atomic mass is 9.86. The van der Waals surface area contributed by atoms with Crippen LogP contribution < -0.4 is 11.3 Å². The van der Waals surface area contributed by atoms with E-state index in [0.29, 0.717) is 0 Å². The van der Waals surface area contributed by atoms with Gasteiger partial charge in [0.15, 0.2) is 0 Å². The summed E-state index contributed by atoms with van der Waals surface area (Å²) in [4.78, 5) is 2.44. The number of nitrogens with zero attached hydrogens (tertiary/aromatic N) is 1. The third-order valence-corrected chi connectivity index (χ3v) is 4.01. The molecule has 0 fully saturated rings. The van der Waals surface area contributed by atoms with Crippen molar-refractivity contribution in [3.63, 3.8) is 0 Å². The standard InChI is InChI=1S/C13H27N3O/c1-5-13(4,16(6-2)7-3)12(15-14)11-9-8-10-17-11/h9,12,15H,5-8,10,14H2,1-4H3. The first-order chi connectivity index (χ1) is 8.13. The molecule has 0 saturated carbocycles. The predicted octanol–water partition coefficient (Wildman–Crippen LogP) is 1.63. The first-order valence-corrected chi connectivity index (χ1v) is 6.68. The summed E-state index contributed by atoms with van der Waals surface area (Å²) in [6, 6.07) is 0.0647. The van der Waals surface area contributed by atoms with Gasteiger partial charge in [0.25, 0.3) is 0 Å². The van der Waals surface area contributed by atoms with E-state index in [1.807, 2.05) is 0 Å². The predicted molar refractivity (Wildman–Crippen MR) is 71.4 cm³/mol. The zero-order valence-electron chi connectivity index (χ0n) is 11.6. The van der Waals surface area contributed by atoms with Crippen molar-refractivity contribution >= 4 is 0 Å². The second-order valence-electron chi connectivity index (χ2n) is 4.73. The van der Waals surface area contributed by atoms with E-state index in [2.05, 4.69) is 44.1 Å². The molecule has 0 aromatic heterocycles. The summed E-state index contributed by atoms with van der Waals surface area (Å²) in [6.45, 7) is 11.7. The van der Waals surface area contributed by atoms with E-state index in [4.69, 9.17) is 10.6 Å². The van der Waals surface area contributed by atoms with Crippen molar-refractivity contribution in [3.8, 4) is 0 Å². The molecular weight excluding hydrogens is 214 g/mol. The molecule has 0 saturated heterocycles. The van der Waals surface area contributed by atoms with E-state index in [1.165, 1.54) is 0 Å². The molecule has 0 aromatic rings. The highest BCUT2D eigenvalue weighted by molar-refractivity contribution is 5.15. The third-order valence-electron chi connectivity index (χ3n) is 4.01. The van der Waals surface area contributed by atoms with Gasteiger partial charge in [0.2, 0.25) is 0 Å². The number of nitrogens with two attached hydrogens (primary N) is 1. The molecule has 0 spiro atoms. The minimum Gasteiger partial charge on any atom is -0.496 e. The molecule has 0 amide bonds. The number of hydrazine groups is 1. The third kappa shape index (κ3) is 2.81. The molecular formula is C13H27N3O. The van der Waals surface area contributed by atoms with Crippen LogP contribution in [0.1, 0.15) is 40.5 Å². The Morgan fingerprint density at radius 1 is 1.47 bits per heavy atom. The lowest BCUT2D eigenvalue weighted by molar-refractivity contribution is 0.0584. The van der Waals surface area contributed by atoms with Crippen LogP contribution in [-0.2, 0) is 4.74 Å². The van der Waals surface area contributed by atoms with Gasteiger partial charge in [-0.2, -0.15) is 0 Å². The molecule has 2 unspecified atom stereocenters. The van der Waals surface area contributed by atoms with E-state index >= 15 is 0 Å². The van der Waals surface area contributed by atoms with Crippen molar-refractivity contribution < 1.29 is 4.74 Å². The minimum absolute atomic E-state index is 0.00553. The van der Waals surface area contributed by atoms with Crippen LogP contribution in [0.15, 0.2) is 11.8 Å². The smallest absolute Gasteiger partial charge is 0.112 e. The van der Waals surface area contributed by atoms with E-state index in [9.17, 15) is 0 Å². The highest BCUT2D eigenvalue weighted by Crippen LogP contribution is 2.29. The van der Waals surface area contributed by atoms with Gasteiger partial charge < -0.3 is 4.74 Å². The summed E-state index contributed by atoms with van der Waals surface area (Å²) < 4.78 is 5.69. The van der Waals surface area contributed by atoms with Gasteiger partial charge in [-0.25, -0.2) is 5.43 Å². The van der Waals surface area contributed by atoms with Crippen LogP contribution in [0.2, 0.25) is 0 Å². The lowest BCUT2D eigenvalue weighted by Gasteiger charge is -2.45. The average Bonchev–Trinajstić information content (AvgIpc) is 2.85. The van der Waals surface area contributed by atoms with E-state index in [1.54, 1.807) is 0 Å². The normalized spacial score (nSPS) is 20.9. The highest BCUT2D eigenvalue weighted by Gasteiger charge is 2.40. The van der Waals surface area contributed by atoms with Crippen molar-refractivity contribution in [2.75, 3.05) is 19.7 Å². The second-order valence-corrected chi connectivity index (χ2v) is 4.73. The molecule has 1 aliphatic heterocycles. The van der Waals surface area contributed by atoms with Crippen LogP contribution in [0.25, 0.3) is 0 Å². The molecule has 1 rings (SSSR count). The van der Waals surface area contributed by atoms with Crippen molar-refractivity contribution in [3.05, 3.63) is 11.8 Å². The Kier molecular flexibility index (Phi) is 5.43. The summed E-state index contributed by atoms with van der Waals surface area (Å²) >= 11 is 0. The van der Waals surface area contributed by atoms with E-state index in [-0.39, 0.29) is 11.6 Å². The lowest BCUT2D eigenvalue weighted by Crippen LogP contribution is -2.61. The number of ether oxygens (including phenoxy) is 1. The Bertz CT molecular complexity index is 263. The first-order valence-electron chi connectivity index (χ1n) is 6.68. The number of nitrogens with one attached hydrogen (secondary N) is 1. The van der Waals surface area contributed by atoms with Crippen LogP contribution in [0.4, 0.5) is 0 Å². The molecule has 2 atom stereocenters. The summed E-state index contributed by atoms with van der Waals surface area (Å²) in [5, 5.41) is 0. The largest absolute Gasteiger partial charge is 0.496 e. The fourth-order valence-corrected chi connectivity index (χ4v) is 2.76. The van der Waals surface area contributed by atoms with Crippen LogP contribution in [0.3, 0.4) is 0 Å². The fourth-order valence-electron chi connectivity index (χ4n) is 2.76. The molecule has 17 heavy (non-hydrogen) atoms. The molecule has 4 heteroatoms. The Morgan fingerprint density at radius 2 is 2.12 bits per heavy atom. The van der Waals surface area contributed by atoms with Crippen molar-refractivity contribution in [2.45, 2.75) is 52.1 Å². The quantitative estimate of drug-likeness (QED) is 0.525. The zero-order valence-corrected chi connectivity index (χ0v) is 11.6. The van der Waals surface area contributed by atoms with Crippen LogP contribution in [0, 0.1) is 0 Å². The maximum Gasteiger partial charge on any atom is 0.112 e.